The monoisotopic (exact) mass is 169 g/mol. The first-order valence-corrected chi connectivity index (χ1v) is 3.97. The van der Waals surface area contributed by atoms with Gasteiger partial charge in [-0.3, -0.25) is 4.98 Å². The van der Waals surface area contributed by atoms with E-state index in [2.05, 4.69) is 4.98 Å². The molecule has 0 aliphatic heterocycles. The highest BCUT2D eigenvalue weighted by Gasteiger charge is 1.98. The van der Waals surface area contributed by atoms with Gasteiger partial charge in [-0.25, -0.2) is 4.39 Å². The Morgan fingerprint density at radius 2 is 2.33 bits per heavy atom. The van der Waals surface area contributed by atoms with Crippen LogP contribution in [0.5, 0.6) is 0 Å². The Balaban J connectivity index is 2.48. The van der Waals surface area contributed by atoms with Crippen molar-refractivity contribution in [1.82, 2.24) is 4.98 Å². The summed E-state index contributed by atoms with van der Waals surface area (Å²) in [6, 6.07) is 3.02. The van der Waals surface area contributed by atoms with Gasteiger partial charge >= 0.3 is 0 Å². The first-order valence-electron chi connectivity index (χ1n) is 3.97. The first-order chi connectivity index (χ1) is 5.68. The number of aliphatic hydroxyl groups is 1. The van der Waals surface area contributed by atoms with Gasteiger partial charge < -0.3 is 5.11 Å². The summed E-state index contributed by atoms with van der Waals surface area (Å²) in [6.45, 7) is 1.73. The van der Waals surface area contributed by atoms with Crippen molar-refractivity contribution < 1.29 is 9.50 Å². The fourth-order valence-electron chi connectivity index (χ4n) is 0.911. The number of nitrogens with zero attached hydrogens (tertiary/aromatic N) is 1. The van der Waals surface area contributed by atoms with Crippen LogP contribution in [0.4, 0.5) is 4.39 Å². The van der Waals surface area contributed by atoms with Crippen molar-refractivity contribution in [2.75, 3.05) is 0 Å². The fourth-order valence-corrected chi connectivity index (χ4v) is 0.911. The van der Waals surface area contributed by atoms with Gasteiger partial charge in [0.2, 0.25) is 0 Å². The number of aromatic nitrogens is 1. The second-order valence-electron chi connectivity index (χ2n) is 2.86. The van der Waals surface area contributed by atoms with Crippen molar-refractivity contribution in [2.45, 2.75) is 25.9 Å². The molecule has 0 unspecified atom stereocenters. The third kappa shape index (κ3) is 2.96. The number of hydrogen-bond acceptors (Lipinski definition) is 2. The fraction of sp³-hybridized carbons (Fsp3) is 0.444. The van der Waals surface area contributed by atoms with E-state index in [1.165, 1.54) is 12.3 Å². The summed E-state index contributed by atoms with van der Waals surface area (Å²) in [5.41, 5.74) is 0.817. The van der Waals surface area contributed by atoms with Crippen LogP contribution in [0.1, 0.15) is 19.0 Å². The lowest BCUT2D eigenvalue weighted by molar-refractivity contribution is 0.184. The molecule has 0 amide bonds. The summed E-state index contributed by atoms with van der Waals surface area (Å²) in [7, 11) is 0. The highest BCUT2D eigenvalue weighted by atomic mass is 19.1. The molecule has 1 heterocycles. The molecule has 0 bridgehead atoms. The van der Waals surface area contributed by atoms with Gasteiger partial charge in [-0.05, 0) is 31.9 Å². The molecule has 1 aromatic heterocycles. The first kappa shape index (κ1) is 9.13. The van der Waals surface area contributed by atoms with Crippen molar-refractivity contribution in [2.24, 2.45) is 0 Å². The molecule has 0 saturated heterocycles. The Labute approximate surface area is 71.1 Å². The molecule has 0 aliphatic carbocycles. The zero-order valence-corrected chi connectivity index (χ0v) is 7.00. The summed E-state index contributed by atoms with van der Waals surface area (Å²) in [5.74, 6) is -0.323. The van der Waals surface area contributed by atoms with Crippen LogP contribution in [0.15, 0.2) is 18.3 Å². The van der Waals surface area contributed by atoms with E-state index in [1.807, 2.05) is 0 Å². The molecular formula is C9H12FNO. The molecule has 3 heteroatoms. The molecule has 2 nitrogen and oxygen atoms in total. The van der Waals surface area contributed by atoms with Gasteiger partial charge in [0.05, 0.1) is 12.3 Å². The molecule has 0 spiro atoms. The van der Waals surface area contributed by atoms with Gasteiger partial charge in [0, 0.05) is 5.69 Å². The van der Waals surface area contributed by atoms with Crippen LogP contribution in [0.3, 0.4) is 0 Å². The van der Waals surface area contributed by atoms with Crippen molar-refractivity contribution in [1.29, 1.82) is 0 Å². The normalized spacial score (nSPS) is 12.9. The smallest absolute Gasteiger partial charge is 0.141 e. The largest absolute Gasteiger partial charge is 0.393 e. The number of pyridine rings is 1. The van der Waals surface area contributed by atoms with Crippen LogP contribution in [0.2, 0.25) is 0 Å². The van der Waals surface area contributed by atoms with Crippen molar-refractivity contribution in [3.63, 3.8) is 0 Å². The third-order valence-corrected chi connectivity index (χ3v) is 1.61. The number of aryl methyl sites for hydroxylation is 1. The SMILES string of the molecule is C[C@@H](O)CCc1ccc(F)cn1. The Morgan fingerprint density at radius 1 is 1.58 bits per heavy atom. The maximum atomic E-state index is 12.4. The minimum atomic E-state index is -0.323. The Morgan fingerprint density at radius 3 is 2.83 bits per heavy atom. The zero-order valence-electron chi connectivity index (χ0n) is 7.00. The van der Waals surface area contributed by atoms with Crippen molar-refractivity contribution in [3.05, 3.63) is 29.8 Å². The second-order valence-corrected chi connectivity index (χ2v) is 2.86. The molecule has 1 aromatic rings. The quantitative estimate of drug-likeness (QED) is 0.744. The van der Waals surface area contributed by atoms with Gasteiger partial charge in [-0.15, -0.1) is 0 Å². The number of aliphatic hydroxyl groups excluding tert-OH is 1. The molecule has 0 saturated carbocycles. The minimum Gasteiger partial charge on any atom is -0.393 e. The Bertz CT molecular complexity index is 233. The van der Waals surface area contributed by atoms with E-state index < -0.39 is 0 Å². The van der Waals surface area contributed by atoms with Crippen molar-refractivity contribution >= 4 is 0 Å². The van der Waals surface area contributed by atoms with E-state index in [0.717, 1.165) is 5.69 Å². The average molecular weight is 169 g/mol. The van der Waals surface area contributed by atoms with E-state index >= 15 is 0 Å². The maximum Gasteiger partial charge on any atom is 0.141 e. The number of hydrogen-bond donors (Lipinski definition) is 1. The molecule has 1 N–H and O–H groups in total. The summed E-state index contributed by atoms with van der Waals surface area (Å²) in [6.07, 6.45) is 2.23. The summed E-state index contributed by atoms with van der Waals surface area (Å²) >= 11 is 0. The summed E-state index contributed by atoms with van der Waals surface area (Å²) < 4.78 is 12.4. The Hall–Kier alpha value is -0.960. The van der Waals surface area contributed by atoms with Crippen LogP contribution < -0.4 is 0 Å². The molecule has 0 radical (unpaired) electrons. The lowest BCUT2D eigenvalue weighted by atomic mass is 10.1. The standard InChI is InChI=1S/C9H12FNO/c1-7(12)2-4-9-5-3-8(10)6-11-9/h3,5-7,12H,2,4H2,1H3/t7-/m1/s1. The van der Waals surface area contributed by atoms with Crippen LogP contribution in [-0.2, 0) is 6.42 Å². The van der Waals surface area contributed by atoms with Crippen LogP contribution in [0.25, 0.3) is 0 Å². The predicted molar refractivity (Wildman–Crippen MR) is 44.2 cm³/mol. The topological polar surface area (TPSA) is 33.1 Å². The summed E-state index contributed by atoms with van der Waals surface area (Å²) in [4.78, 5) is 3.86. The lowest BCUT2D eigenvalue weighted by Gasteiger charge is -2.02. The third-order valence-electron chi connectivity index (χ3n) is 1.61. The highest BCUT2D eigenvalue weighted by Crippen LogP contribution is 2.03. The van der Waals surface area contributed by atoms with Gasteiger partial charge in [0.15, 0.2) is 0 Å². The van der Waals surface area contributed by atoms with Crippen LogP contribution in [0, 0.1) is 5.82 Å². The van der Waals surface area contributed by atoms with E-state index in [4.69, 9.17) is 5.11 Å². The number of halogens is 1. The van der Waals surface area contributed by atoms with Gasteiger partial charge in [0.25, 0.3) is 0 Å². The molecular weight excluding hydrogens is 157 g/mol. The highest BCUT2D eigenvalue weighted by molar-refractivity contribution is 5.05. The molecule has 0 aliphatic rings. The summed E-state index contributed by atoms with van der Waals surface area (Å²) in [5, 5.41) is 8.97. The van der Waals surface area contributed by atoms with E-state index in [-0.39, 0.29) is 11.9 Å². The second kappa shape index (κ2) is 4.16. The van der Waals surface area contributed by atoms with Gasteiger partial charge in [0.1, 0.15) is 5.82 Å². The average Bonchev–Trinajstić information content (AvgIpc) is 2.03. The molecule has 1 atom stereocenters. The molecule has 1 rings (SSSR count). The van der Waals surface area contributed by atoms with Crippen molar-refractivity contribution in [3.8, 4) is 0 Å². The van der Waals surface area contributed by atoms with Gasteiger partial charge in [-0.2, -0.15) is 0 Å². The van der Waals surface area contributed by atoms with E-state index in [1.54, 1.807) is 13.0 Å². The molecule has 0 aromatic carbocycles. The minimum absolute atomic E-state index is 0.322. The van der Waals surface area contributed by atoms with Gasteiger partial charge in [-0.1, -0.05) is 0 Å². The van der Waals surface area contributed by atoms with Crippen LogP contribution in [-0.4, -0.2) is 16.2 Å². The molecule has 66 valence electrons. The maximum absolute atomic E-state index is 12.4. The zero-order chi connectivity index (χ0) is 8.97. The van der Waals surface area contributed by atoms with E-state index in [9.17, 15) is 4.39 Å². The van der Waals surface area contributed by atoms with Crippen LogP contribution >= 0.6 is 0 Å². The number of rotatable bonds is 3. The molecule has 12 heavy (non-hydrogen) atoms. The predicted octanol–water partition coefficient (Wildman–Crippen LogP) is 1.53. The lowest BCUT2D eigenvalue weighted by Crippen LogP contribution is -2.02. The Kier molecular flexibility index (Phi) is 3.17. The molecule has 0 fully saturated rings. The van der Waals surface area contributed by atoms with E-state index in [0.29, 0.717) is 12.8 Å².